The van der Waals surface area contributed by atoms with Crippen molar-refractivity contribution in [3.05, 3.63) is 51.2 Å². The molecule has 2 aliphatic heterocycles. The van der Waals surface area contributed by atoms with Crippen LogP contribution in [0.1, 0.15) is 0 Å². The van der Waals surface area contributed by atoms with E-state index in [4.69, 9.17) is 0 Å². The van der Waals surface area contributed by atoms with Crippen molar-refractivity contribution in [2.75, 3.05) is 0 Å². The van der Waals surface area contributed by atoms with Crippen LogP contribution >= 0.6 is 0 Å². The van der Waals surface area contributed by atoms with Crippen LogP contribution < -0.4 is 11.2 Å². The number of para-hydroxylation sites is 1. The second-order valence-corrected chi connectivity index (χ2v) is 4.16. The lowest BCUT2D eigenvalue weighted by molar-refractivity contribution is 0.756. The lowest BCUT2D eigenvalue weighted by Gasteiger charge is -2.13. The third-order valence-corrected chi connectivity index (χ3v) is 3.07. The van der Waals surface area contributed by atoms with Crippen molar-refractivity contribution in [3.8, 4) is 11.4 Å². The monoisotopic (exact) mass is 240 g/mol. The minimum absolute atomic E-state index is 0.332. The first-order valence-corrected chi connectivity index (χ1v) is 5.47. The Morgan fingerprint density at radius 3 is 2.61 bits per heavy atom. The highest BCUT2D eigenvalue weighted by atomic mass is 16.2. The Hall–Kier alpha value is -2.43. The highest BCUT2D eigenvalue weighted by molar-refractivity contribution is 5.84. The second kappa shape index (κ2) is 3.53. The van der Waals surface area contributed by atoms with Gasteiger partial charge in [-0.1, -0.05) is 18.2 Å². The maximum Gasteiger partial charge on any atom is 0.352 e. The average molecular weight is 240 g/mol. The maximum absolute atomic E-state index is 12.0. The van der Waals surface area contributed by atoms with E-state index in [0.29, 0.717) is 11.4 Å². The average Bonchev–Trinajstić information content (AvgIpc) is 2.38. The van der Waals surface area contributed by atoms with E-state index in [1.165, 1.54) is 7.05 Å². The standard InChI is InChI=1S/C13H10N3O2/c1-15-10-6-4-3-5-8(10)7-9-11(15)14-13(18)16(2)12(9)17/h3-6H,1-2H3. The van der Waals surface area contributed by atoms with Crippen molar-refractivity contribution in [2.45, 2.75) is 0 Å². The molecule has 0 saturated carbocycles. The van der Waals surface area contributed by atoms with Crippen LogP contribution in [0.15, 0.2) is 33.9 Å². The lowest BCUT2D eigenvalue weighted by atomic mass is 10.1. The zero-order valence-electron chi connectivity index (χ0n) is 9.97. The molecule has 5 nitrogen and oxygen atoms in total. The van der Waals surface area contributed by atoms with Gasteiger partial charge in [0.25, 0.3) is 5.56 Å². The van der Waals surface area contributed by atoms with Crippen LogP contribution in [0.4, 0.5) is 0 Å². The number of hydrogen-bond acceptors (Lipinski definition) is 3. The van der Waals surface area contributed by atoms with Crippen molar-refractivity contribution in [2.24, 2.45) is 14.1 Å². The van der Waals surface area contributed by atoms with Gasteiger partial charge in [-0.15, -0.1) is 0 Å². The van der Waals surface area contributed by atoms with E-state index in [1.807, 2.05) is 24.3 Å². The molecular formula is C13H10N3O2. The predicted octanol–water partition coefficient (Wildman–Crippen LogP) is 0.537. The SMILES string of the molecule is Cn1c(=O)nc2n(C)c3ccccc3[c]c-2c1=O. The Kier molecular flexibility index (Phi) is 2.10. The van der Waals surface area contributed by atoms with Crippen LogP contribution in [-0.2, 0) is 14.1 Å². The Balaban J connectivity index is 2.65. The number of nitrogens with zero attached hydrogens (tertiary/aromatic N) is 3. The first-order valence-electron chi connectivity index (χ1n) is 5.47. The van der Waals surface area contributed by atoms with Crippen molar-refractivity contribution < 1.29 is 0 Å². The summed E-state index contributed by atoms with van der Waals surface area (Å²) in [5, 5.41) is 0.824. The van der Waals surface area contributed by atoms with Gasteiger partial charge in [-0.05, 0) is 6.07 Å². The summed E-state index contributed by atoms with van der Waals surface area (Å²) in [6.07, 6.45) is 0. The number of rotatable bonds is 0. The summed E-state index contributed by atoms with van der Waals surface area (Å²) in [6.45, 7) is 0. The smallest absolute Gasteiger partial charge is 0.328 e. The fourth-order valence-corrected chi connectivity index (χ4v) is 2.04. The Morgan fingerprint density at radius 2 is 1.83 bits per heavy atom. The van der Waals surface area contributed by atoms with E-state index in [9.17, 15) is 9.59 Å². The molecule has 5 heteroatoms. The van der Waals surface area contributed by atoms with Gasteiger partial charge in [0.15, 0.2) is 5.82 Å². The number of aryl methyl sites for hydroxylation is 1. The van der Waals surface area contributed by atoms with E-state index in [0.717, 1.165) is 15.5 Å². The molecule has 2 heterocycles. The summed E-state index contributed by atoms with van der Waals surface area (Å²) >= 11 is 0. The predicted molar refractivity (Wildman–Crippen MR) is 67.7 cm³/mol. The fraction of sp³-hybridized carbons (Fsp3) is 0.154. The van der Waals surface area contributed by atoms with E-state index >= 15 is 0 Å². The largest absolute Gasteiger partial charge is 0.352 e. The van der Waals surface area contributed by atoms with Gasteiger partial charge in [0.1, 0.15) is 0 Å². The molecule has 3 rings (SSSR count). The van der Waals surface area contributed by atoms with Crippen LogP contribution in [0, 0.1) is 6.07 Å². The number of hydrogen-bond donors (Lipinski definition) is 0. The summed E-state index contributed by atoms with van der Waals surface area (Å²) in [6, 6.07) is 10.6. The van der Waals surface area contributed by atoms with E-state index in [-0.39, 0.29) is 5.56 Å². The van der Waals surface area contributed by atoms with Gasteiger partial charge in [0.05, 0.1) is 5.56 Å². The molecule has 0 N–H and O–H groups in total. The van der Waals surface area contributed by atoms with Crippen molar-refractivity contribution in [3.63, 3.8) is 0 Å². The summed E-state index contributed by atoms with van der Waals surface area (Å²) in [5.41, 5.74) is 0.293. The molecule has 0 aliphatic carbocycles. The normalized spacial score (nSPS) is 11.2. The highest BCUT2D eigenvalue weighted by Crippen LogP contribution is 2.21. The molecule has 2 aliphatic rings. The zero-order valence-corrected chi connectivity index (χ0v) is 9.97. The summed E-state index contributed by atoms with van der Waals surface area (Å²) < 4.78 is 2.73. The number of fused-ring (bicyclic) bond motifs is 2. The molecule has 18 heavy (non-hydrogen) atoms. The molecule has 0 bridgehead atoms. The van der Waals surface area contributed by atoms with Crippen molar-refractivity contribution >= 4 is 10.9 Å². The summed E-state index contributed by atoms with van der Waals surface area (Å²) in [7, 11) is 3.20. The Morgan fingerprint density at radius 1 is 1.11 bits per heavy atom. The highest BCUT2D eigenvalue weighted by Gasteiger charge is 2.16. The molecule has 1 radical (unpaired) electrons. The van der Waals surface area contributed by atoms with E-state index in [1.54, 1.807) is 11.6 Å². The van der Waals surface area contributed by atoms with Crippen LogP contribution in [0.2, 0.25) is 0 Å². The van der Waals surface area contributed by atoms with Gasteiger partial charge in [-0.2, -0.15) is 4.98 Å². The topological polar surface area (TPSA) is 56.9 Å². The van der Waals surface area contributed by atoms with Gasteiger partial charge in [-0.3, -0.25) is 9.36 Å². The van der Waals surface area contributed by atoms with E-state index < -0.39 is 5.69 Å². The number of pyridine rings is 1. The molecule has 1 aromatic carbocycles. The van der Waals surface area contributed by atoms with Gasteiger partial charge in [0, 0.05) is 31.1 Å². The maximum atomic E-state index is 12.0. The number of benzene rings is 1. The summed E-state index contributed by atoms with van der Waals surface area (Å²) in [4.78, 5) is 27.5. The molecule has 89 valence electrons. The van der Waals surface area contributed by atoms with Gasteiger partial charge >= 0.3 is 5.69 Å². The van der Waals surface area contributed by atoms with Gasteiger partial charge < -0.3 is 4.57 Å². The van der Waals surface area contributed by atoms with Crippen molar-refractivity contribution in [1.82, 2.24) is 14.1 Å². The lowest BCUT2D eigenvalue weighted by Crippen LogP contribution is -2.35. The molecule has 1 aromatic rings. The third-order valence-electron chi connectivity index (χ3n) is 3.07. The molecule has 0 atom stereocenters. The summed E-state index contributed by atoms with van der Waals surface area (Å²) in [5.74, 6) is 0.363. The second-order valence-electron chi connectivity index (χ2n) is 4.16. The van der Waals surface area contributed by atoms with Crippen LogP contribution in [0.25, 0.3) is 22.3 Å². The van der Waals surface area contributed by atoms with Gasteiger partial charge in [0.2, 0.25) is 0 Å². The number of aromatic nitrogens is 3. The third kappa shape index (κ3) is 1.30. The first kappa shape index (κ1) is 10.7. The quantitative estimate of drug-likeness (QED) is 0.539. The van der Waals surface area contributed by atoms with Crippen LogP contribution in [-0.4, -0.2) is 14.1 Å². The minimum Gasteiger partial charge on any atom is -0.328 e. The molecule has 0 amide bonds. The molecular weight excluding hydrogens is 230 g/mol. The Labute approximate surface area is 102 Å². The van der Waals surface area contributed by atoms with Gasteiger partial charge in [-0.25, -0.2) is 4.79 Å². The molecule has 0 spiro atoms. The van der Waals surface area contributed by atoms with Crippen molar-refractivity contribution in [1.29, 1.82) is 0 Å². The van der Waals surface area contributed by atoms with Crippen LogP contribution in [0.5, 0.6) is 0 Å². The fourth-order valence-electron chi connectivity index (χ4n) is 2.04. The van der Waals surface area contributed by atoms with E-state index in [2.05, 4.69) is 11.1 Å². The van der Waals surface area contributed by atoms with Crippen LogP contribution in [0.3, 0.4) is 0 Å². The molecule has 0 aromatic heterocycles. The first-order chi connectivity index (χ1) is 8.59. The Bertz CT molecular complexity index is 845. The molecule has 0 fully saturated rings. The minimum atomic E-state index is -0.549. The molecule has 0 unspecified atom stereocenters. The zero-order chi connectivity index (χ0) is 12.9. The molecule has 0 saturated heterocycles.